The normalized spacial score (nSPS) is 27.9. The Labute approximate surface area is 97.5 Å². The zero-order valence-corrected chi connectivity index (χ0v) is 10.3. The van der Waals surface area contributed by atoms with E-state index in [0.717, 1.165) is 31.1 Å². The molecule has 0 bridgehead atoms. The number of nitrogens with zero attached hydrogens (tertiary/aromatic N) is 2. The van der Waals surface area contributed by atoms with Crippen molar-refractivity contribution >= 4 is 0 Å². The lowest BCUT2D eigenvalue weighted by Crippen LogP contribution is -2.22. The number of aliphatic hydroxyl groups excluding tert-OH is 1. The van der Waals surface area contributed by atoms with Gasteiger partial charge in [-0.1, -0.05) is 19.8 Å². The molecule has 1 aliphatic rings. The fraction of sp³-hybridized carbons (Fsp3) is 0.769. The number of aromatic nitrogens is 2. The number of hydrogen-bond acceptors (Lipinski definition) is 2. The van der Waals surface area contributed by atoms with E-state index in [2.05, 4.69) is 18.8 Å². The van der Waals surface area contributed by atoms with Gasteiger partial charge >= 0.3 is 0 Å². The monoisotopic (exact) mass is 222 g/mol. The Balaban J connectivity index is 2.09. The van der Waals surface area contributed by atoms with Crippen LogP contribution in [-0.4, -0.2) is 14.7 Å². The lowest BCUT2D eigenvalue weighted by molar-refractivity contribution is 0.0616. The van der Waals surface area contributed by atoms with Crippen LogP contribution in [0.15, 0.2) is 12.4 Å². The van der Waals surface area contributed by atoms with Crippen LogP contribution in [0.5, 0.6) is 0 Å². The van der Waals surface area contributed by atoms with E-state index >= 15 is 0 Å². The summed E-state index contributed by atoms with van der Waals surface area (Å²) in [5.74, 6) is 2.00. The van der Waals surface area contributed by atoms with Gasteiger partial charge in [-0.05, 0) is 31.6 Å². The molecule has 3 nitrogen and oxygen atoms in total. The van der Waals surface area contributed by atoms with Crippen molar-refractivity contribution in [2.75, 3.05) is 0 Å². The molecule has 0 spiro atoms. The summed E-state index contributed by atoms with van der Waals surface area (Å²) in [4.78, 5) is 4.30. The summed E-state index contributed by atoms with van der Waals surface area (Å²) in [6.45, 7) is 5.25. The molecular weight excluding hydrogens is 200 g/mol. The average molecular weight is 222 g/mol. The first-order valence-corrected chi connectivity index (χ1v) is 6.41. The molecule has 0 aromatic carbocycles. The molecule has 3 heteroatoms. The van der Waals surface area contributed by atoms with Crippen molar-refractivity contribution in [3.63, 3.8) is 0 Å². The summed E-state index contributed by atoms with van der Waals surface area (Å²) in [7, 11) is 0. The fourth-order valence-corrected chi connectivity index (χ4v) is 2.83. The number of rotatable bonds is 3. The van der Waals surface area contributed by atoms with Gasteiger partial charge in [0.25, 0.3) is 0 Å². The third-order valence-corrected chi connectivity index (χ3v) is 3.78. The summed E-state index contributed by atoms with van der Waals surface area (Å²) in [5.41, 5.74) is 0. The minimum absolute atomic E-state index is 0.377. The second kappa shape index (κ2) is 5.00. The summed E-state index contributed by atoms with van der Waals surface area (Å²) >= 11 is 0. The van der Waals surface area contributed by atoms with Crippen LogP contribution in [0.1, 0.15) is 51.5 Å². The molecule has 16 heavy (non-hydrogen) atoms. The SMILES string of the molecule is CCn1ccnc1C(O)C1CCCC(C)C1. The Bertz CT molecular complexity index is 334. The Morgan fingerprint density at radius 1 is 1.56 bits per heavy atom. The standard InChI is InChI=1S/C13H22N2O/c1-3-15-8-7-14-13(15)12(16)11-6-4-5-10(2)9-11/h7-8,10-12,16H,3-6,9H2,1-2H3. The van der Waals surface area contributed by atoms with Crippen molar-refractivity contribution in [1.29, 1.82) is 0 Å². The van der Waals surface area contributed by atoms with Gasteiger partial charge in [-0.15, -0.1) is 0 Å². The molecule has 0 saturated heterocycles. The Morgan fingerprint density at radius 3 is 3.06 bits per heavy atom. The Hall–Kier alpha value is -0.830. The lowest BCUT2D eigenvalue weighted by atomic mass is 9.79. The van der Waals surface area contributed by atoms with E-state index in [4.69, 9.17) is 0 Å². The van der Waals surface area contributed by atoms with Crippen molar-refractivity contribution in [3.05, 3.63) is 18.2 Å². The van der Waals surface area contributed by atoms with Crippen LogP contribution in [0.4, 0.5) is 0 Å². The van der Waals surface area contributed by atoms with E-state index < -0.39 is 0 Å². The van der Waals surface area contributed by atoms with E-state index in [-0.39, 0.29) is 6.10 Å². The minimum Gasteiger partial charge on any atom is -0.385 e. The highest BCUT2D eigenvalue weighted by Gasteiger charge is 2.28. The van der Waals surface area contributed by atoms with Crippen LogP contribution in [-0.2, 0) is 6.54 Å². The second-order valence-electron chi connectivity index (χ2n) is 5.05. The molecule has 1 N–H and O–H groups in total. The molecule has 3 unspecified atom stereocenters. The van der Waals surface area contributed by atoms with Crippen LogP contribution in [0.25, 0.3) is 0 Å². The molecule has 3 atom stereocenters. The van der Waals surface area contributed by atoms with Crippen molar-refractivity contribution in [2.24, 2.45) is 11.8 Å². The van der Waals surface area contributed by atoms with Crippen molar-refractivity contribution in [2.45, 2.75) is 52.2 Å². The quantitative estimate of drug-likeness (QED) is 0.854. The number of aryl methyl sites for hydroxylation is 1. The first-order chi connectivity index (χ1) is 7.72. The van der Waals surface area contributed by atoms with Gasteiger partial charge in [0, 0.05) is 18.9 Å². The highest BCUT2D eigenvalue weighted by molar-refractivity contribution is 4.99. The van der Waals surface area contributed by atoms with Crippen LogP contribution < -0.4 is 0 Å². The number of aliphatic hydroxyl groups is 1. The zero-order chi connectivity index (χ0) is 11.5. The summed E-state index contributed by atoms with van der Waals surface area (Å²) in [5, 5.41) is 10.4. The highest BCUT2D eigenvalue weighted by Crippen LogP contribution is 2.36. The molecule has 1 aromatic heterocycles. The van der Waals surface area contributed by atoms with Crippen molar-refractivity contribution < 1.29 is 5.11 Å². The van der Waals surface area contributed by atoms with Gasteiger partial charge in [0.2, 0.25) is 0 Å². The van der Waals surface area contributed by atoms with Crippen LogP contribution in [0.2, 0.25) is 0 Å². The molecule has 1 heterocycles. The molecule has 0 aliphatic heterocycles. The van der Waals surface area contributed by atoms with Crippen LogP contribution in [0, 0.1) is 11.8 Å². The predicted molar refractivity (Wildman–Crippen MR) is 64.0 cm³/mol. The van der Waals surface area contributed by atoms with Crippen molar-refractivity contribution in [3.8, 4) is 0 Å². The maximum atomic E-state index is 10.4. The van der Waals surface area contributed by atoms with Crippen molar-refractivity contribution in [1.82, 2.24) is 9.55 Å². The van der Waals surface area contributed by atoms with Gasteiger partial charge in [-0.25, -0.2) is 4.98 Å². The molecule has 90 valence electrons. The smallest absolute Gasteiger partial charge is 0.137 e. The van der Waals surface area contributed by atoms with E-state index in [1.807, 2.05) is 10.8 Å². The minimum atomic E-state index is -0.377. The predicted octanol–water partition coefficient (Wildman–Crippen LogP) is 2.76. The summed E-state index contributed by atoms with van der Waals surface area (Å²) in [6.07, 6.45) is 8.19. The number of hydrogen-bond donors (Lipinski definition) is 1. The highest BCUT2D eigenvalue weighted by atomic mass is 16.3. The maximum absolute atomic E-state index is 10.4. The van der Waals surface area contributed by atoms with Gasteiger partial charge in [0.1, 0.15) is 11.9 Å². The van der Waals surface area contributed by atoms with Crippen LogP contribution in [0.3, 0.4) is 0 Å². The molecule has 0 radical (unpaired) electrons. The molecule has 2 rings (SSSR count). The Kier molecular flexibility index (Phi) is 3.64. The first-order valence-electron chi connectivity index (χ1n) is 6.41. The second-order valence-corrected chi connectivity index (χ2v) is 5.05. The molecule has 1 aromatic rings. The Morgan fingerprint density at radius 2 is 2.38 bits per heavy atom. The fourth-order valence-electron chi connectivity index (χ4n) is 2.83. The van der Waals surface area contributed by atoms with E-state index in [9.17, 15) is 5.11 Å². The van der Waals surface area contributed by atoms with E-state index in [0.29, 0.717) is 5.92 Å². The third kappa shape index (κ3) is 2.29. The number of imidazole rings is 1. The molecule has 1 fully saturated rings. The average Bonchev–Trinajstić information content (AvgIpc) is 2.76. The molecule has 1 aliphatic carbocycles. The lowest BCUT2D eigenvalue weighted by Gasteiger charge is -2.30. The maximum Gasteiger partial charge on any atom is 0.137 e. The van der Waals surface area contributed by atoms with Gasteiger partial charge in [-0.3, -0.25) is 0 Å². The summed E-state index contributed by atoms with van der Waals surface area (Å²) < 4.78 is 2.05. The topological polar surface area (TPSA) is 38.0 Å². The van der Waals surface area contributed by atoms with Crippen LogP contribution >= 0.6 is 0 Å². The summed E-state index contributed by atoms with van der Waals surface area (Å²) in [6, 6.07) is 0. The zero-order valence-electron chi connectivity index (χ0n) is 10.3. The van der Waals surface area contributed by atoms with Gasteiger partial charge in [0.15, 0.2) is 0 Å². The molecule has 0 amide bonds. The first kappa shape index (κ1) is 11.6. The van der Waals surface area contributed by atoms with E-state index in [1.54, 1.807) is 6.20 Å². The van der Waals surface area contributed by atoms with E-state index in [1.165, 1.54) is 12.8 Å². The molecule has 1 saturated carbocycles. The molecular formula is C13H22N2O. The largest absolute Gasteiger partial charge is 0.385 e. The van der Waals surface area contributed by atoms with Gasteiger partial charge in [-0.2, -0.15) is 0 Å². The van der Waals surface area contributed by atoms with Gasteiger partial charge < -0.3 is 9.67 Å². The third-order valence-electron chi connectivity index (χ3n) is 3.78. The van der Waals surface area contributed by atoms with Gasteiger partial charge in [0.05, 0.1) is 0 Å².